The third kappa shape index (κ3) is 3.15. The van der Waals surface area contributed by atoms with Crippen molar-refractivity contribution in [2.45, 2.75) is 32.6 Å². The SMILES string of the molecule is CC(C)(C)c1nc(CCNc2ccc3nnnn3n2)cs1. The van der Waals surface area contributed by atoms with Crippen LogP contribution in [0.15, 0.2) is 17.5 Å². The van der Waals surface area contributed by atoms with Gasteiger partial charge in [0.15, 0.2) is 5.65 Å². The van der Waals surface area contributed by atoms with Crippen LogP contribution in [0.4, 0.5) is 5.82 Å². The van der Waals surface area contributed by atoms with Gasteiger partial charge in [-0.3, -0.25) is 0 Å². The number of nitrogens with zero attached hydrogens (tertiary/aromatic N) is 6. The number of fused-ring (bicyclic) bond motifs is 1. The van der Waals surface area contributed by atoms with Gasteiger partial charge in [0.25, 0.3) is 0 Å². The molecule has 0 saturated heterocycles. The van der Waals surface area contributed by atoms with Crippen molar-refractivity contribution in [2.24, 2.45) is 0 Å². The maximum Gasteiger partial charge on any atom is 0.200 e. The van der Waals surface area contributed by atoms with E-state index in [0.29, 0.717) is 5.65 Å². The zero-order valence-electron chi connectivity index (χ0n) is 12.2. The summed E-state index contributed by atoms with van der Waals surface area (Å²) < 4.78 is 1.41. The number of hydrogen-bond donors (Lipinski definition) is 1. The van der Waals surface area contributed by atoms with Crippen LogP contribution in [-0.2, 0) is 11.8 Å². The first-order valence-electron chi connectivity index (χ1n) is 6.76. The summed E-state index contributed by atoms with van der Waals surface area (Å²) in [6.45, 7) is 7.31. The molecule has 0 fully saturated rings. The quantitative estimate of drug-likeness (QED) is 0.793. The van der Waals surface area contributed by atoms with Crippen molar-refractivity contribution in [3.8, 4) is 0 Å². The van der Waals surface area contributed by atoms with E-state index < -0.39 is 0 Å². The number of anilines is 1. The van der Waals surface area contributed by atoms with Gasteiger partial charge in [-0.05, 0) is 22.6 Å². The van der Waals surface area contributed by atoms with Gasteiger partial charge in [0.1, 0.15) is 5.82 Å². The highest BCUT2D eigenvalue weighted by atomic mass is 32.1. The lowest BCUT2D eigenvalue weighted by molar-refractivity contribution is 0.583. The van der Waals surface area contributed by atoms with E-state index in [1.54, 1.807) is 11.3 Å². The smallest absolute Gasteiger partial charge is 0.200 e. The molecule has 0 saturated carbocycles. The van der Waals surface area contributed by atoms with Crippen molar-refractivity contribution in [3.05, 3.63) is 28.2 Å². The first kappa shape index (κ1) is 13.9. The molecule has 3 heterocycles. The number of rotatable bonds is 4. The molecule has 0 spiro atoms. The van der Waals surface area contributed by atoms with E-state index >= 15 is 0 Å². The third-order valence-electron chi connectivity index (χ3n) is 2.95. The summed E-state index contributed by atoms with van der Waals surface area (Å²) in [6, 6.07) is 3.70. The molecule has 8 heteroatoms. The van der Waals surface area contributed by atoms with Gasteiger partial charge in [-0.2, -0.15) is 0 Å². The summed E-state index contributed by atoms with van der Waals surface area (Å²) in [7, 11) is 0. The molecule has 3 rings (SSSR count). The Labute approximate surface area is 126 Å². The normalized spacial score (nSPS) is 12.0. The Morgan fingerprint density at radius 1 is 1.29 bits per heavy atom. The largest absolute Gasteiger partial charge is 0.368 e. The molecule has 0 radical (unpaired) electrons. The minimum absolute atomic E-state index is 0.114. The molecule has 3 aromatic heterocycles. The van der Waals surface area contributed by atoms with E-state index in [1.807, 2.05) is 12.1 Å². The molecule has 0 aliphatic carbocycles. The van der Waals surface area contributed by atoms with Gasteiger partial charge < -0.3 is 5.32 Å². The molecule has 0 unspecified atom stereocenters. The zero-order chi connectivity index (χ0) is 14.9. The fourth-order valence-corrected chi connectivity index (χ4v) is 2.77. The summed E-state index contributed by atoms with van der Waals surface area (Å²) in [5.41, 5.74) is 1.86. The summed E-state index contributed by atoms with van der Waals surface area (Å²) >= 11 is 1.72. The van der Waals surface area contributed by atoms with Gasteiger partial charge in [-0.15, -0.1) is 26.2 Å². The van der Waals surface area contributed by atoms with E-state index in [9.17, 15) is 0 Å². The van der Waals surface area contributed by atoms with Crippen LogP contribution in [-0.4, -0.2) is 36.8 Å². The van der Waals surface area contributed by atoms with Gasteiger partial charge in [0.2, 0.25) is 0 Å². The minimum Gasteiger partial charge on any atom is -0.368 e. The Kier molecular flexibility index (Phi) is 3.54. The number of hydrogen-bond acceptors (Lipinski definition) is 7. The molecule has 7 nitrogen and oxygen atoms in total. The highest BCUT2D eigenvalue weighted by molar-refractivity contribution is 7.09. The van der Waals surface area contributed by atoms with Gasteiger partial charge in [0.05, 0.1) is 10.7 Å². The zero-order valence-corrected chi connectivity index (χ0v) is 13.1. The molecule has 21 heavy (non-hydrogen) atoms. The molecule has 3 aromatic rings. The van der Waals surface area contributed by atoms with Crippen LogP contribution in [0, 0.1) is 0 Å². The molecular formula is C13H17N7S. The van der Waals surface area contributed by atoms with Crippen LogP contribution < -0.4 is 5.32 Å². The Morgan fingerprint density at radius 2 is 2.14 bits per heavy atom. The van der Waals surface area contributed by atoms with Crippen LogP contribution >= 0.6 is 11.3 Å². The first-order valence-corrected chi connectivity index (χ1v) is 7.64. The van der Waals surface area contributed by atoms with Crippen molar-refractivity contribution in [2.75, 3.05) is 11.9 Å². The third-order valence-corrected chi connectivity index (χ3v) is 4.27. The van der Waals surface area contributed by atoms with E-state index in [1.165, 1.54) is 9.64 Å². The lowest BCUT2D eigenvalue weighted by Crippen LogP contribution is -2.11. The topological polar surface area (TPSA) is 80.9 Å². The lowest BCUT2D eigenvalue weighted by Gasteiger charge is -2.13. The molecule has 0 bridgehead atoms. The van der Waals surface area contributed by atoms with Crippen molar-refractivity contribution in [1.82, 2.24) is 30.2 Å². The number of nitrogens with one attached hydrogen (secondary N) is 1. The van der Waals surface area contributed by atoms with E-state index in [0.717, 1.165) is 24.5 Å². The lowest BCUT2D eigenvalue weighted by atomic mass is 9.98. The van der Waals surface area contributed by atoms with Crippen LogP contribution in [0.25, 0.3) is 5.65 Å². The second-order valence-corrected chi connectivity index (χ2v) is 6.67. The minimum atomic E-state index is 0.114. The Balaban J connectivity index is 1.59. The van der Waals surface area contributed by atoms with Gasteiger partial charge in [-0.1, -0.05) is 20.8 Å². The highest BCUT2D eigenvalue weighted by Crippen LogP contribution is 2.25. The van der Waals surface area contributed by atoms with Crippen molar-refractivity contribution >= 4 is 22.8 Å². The molecule has 0 aliphatic heterocycles. The molecule has 0 amide bonds. The predicted octanol–water partition coefficient (Wildman–Crippen LogP) is 1.93. The van der Waals surface area contributed by atoms with Gasteiger partial charge in [-0.25, -0.2) is 4.98 Å². The Bertz CT molecular complexity index is 740. The molecule has 0 aromatic carbocycles. The van der Waals surface area contributed by atoms with E-state index in [-0.39, 0.29) is 5.41 Å². The standard InChI is InChI=1S/C13H17N7S/c1-13(2,3)12-15-9(8-21-12)6-7-14-10-4-5-11-16-18-19-20(11)17-10/h4-5,8H,6-7H2,1-3H3,(H,14,17). The second-order valence-electron chi connectivity index (χ2n) is 5.82. The average Bonchev–Trinajstić information content (AvgIpc) is 3.05. The maximum absolute atomic E-state index is 4.67. The summed E-state index contributed by atoms with van der Waals surface area (Å²) in [5, 5.41) is 22.0. The average molecular weight is 303 g/mol. The van der Waals surface area contributed by atoms with Crippen molar-refractivity contribution in [3.63, 3.8) is 0 Å². The first-order chi connectivity index (χ1) is 10.0. The maximum atomic E-state index is 4.67. The van der Waals surface area contributed by atoms with Crippen LogP contribution in [0.5, 0.6) is 0 Å². The van der Waals surface area contributed by atoms with Crippen molar-refractivity contribution in [1.29, 1.82) is 0 Å². The second kappa shape index (κ2) is 5.36. The summed E-state index contributed by atoms with van der Waals surface area (Å²) in [6.07, 6.45) is 0.863. The monoisotopic (exact) mass is 303 g/mol. The molecule has 1 N–H and O–H groups in total. The van der Waals surface area contributed by atoms with Crippen molar-refractivity contribution < 1.29 is 0 Å². The number of aromatic nitrogens is 6. The van der Waals surface area contributed by atoms with E-state index in [4.69, 9.17) is 0 Å². The fraction of sp³-hybridized carbons (Fsp3) is 0.462. The molecule has 0 aliphatic rings. The summed E-state index contributed by atoms with van der Waals surface area (Å²) in [5.74, 6) is 0.751. The molecule has 110 valence electrons. The molecule has 0 atom stereocenters. The fourth-order valence-electron chi connectivity index (χ4n) is 1.83. The van der Waals surface area contributed by atoms with Crippen LogP contribution in [0.2, 0.25) is 0 Å². The van der Waals surface area contributed by atoms with Gasteiger partial charge >= 0.3 is 0 Å². The number of thiazole rings is 1. The predicted molar refractivity (Wildman–Crippen MR) is 81.6 cm³/mol. The van der Waals surface area contributed by atoms with Gasteiger partial charge in [0, 0.05) is 23.8 Å². The summed E-state index contributed by atoms with van der Waals surface area (Å²) in [4.78, 5) is 4.67. The van der Waals surface area contributed by atoms with Crippen LogP contribution in [0.3, 0.4) is 0 Å². The van der Waals surface area contributed by atoms with E-state index in [2.05, 4.69) is 57.1 Å². The Morgan fingerprint density at radius 3 is 2.90 bits per heavy atom. The van der Waals surface area contributed by atoms with Crippen LogP contribution in [0.1, 0.15) is 31.5 Å². The Hall–Kier alpha value is -2.09. The number of tetrazole rings is 1. The molecular weight excluding hydrogens is 286 g/mol. The highest BCUT2D eigenvalue weighted by Gasteiger charge is 2.17.